The van der Waals surface area contributed by atoms with E-state index in [0.717, 1.165) is 22.5 Å². The first-order valence-electron chi connectivity index (χ1n) is 23.3. The number of halogens is 5. The molecule has 2 heterocycles. The summed E-state index contributed by atoms with van der Waals surface area (Å²) in [6.45, 7) is 6.40. The molecule has 0 saturated heterocycles. The number of benzene rings is 6. The summed E-state index contributed by atoms with van der Waals surface area (Å²) in [7, 11) is -8.29. The highest BCUT2D eigenvalue weighted by atomic mass is 79.9. The second kappa shape index (κ2) is 25.5. The van der Waals surface area contributed by atoms with Crippen molar-refractivity contribution < 1.29 is 46.7 Å². The molecule has 6 aromatic carbocycles. The number of imidazole rings is 2. The molecular weight excluding hydrogens is 1190 g/mol. The van der Waals surface area contributed by atoms with E-state index < -0.39 is 49.7 Å². The Hall–Kier alpha value is -5.88. The van der Waals surface area contributed by atoms with Gasteiger partial charge in [-0.05, 0) is 123 Å². The number of carbonyl (C=O) groups is 2. The van der Waals surface area contributed by atoms with Gasteiger partial charge in [-0.15, -0.1) is 0 Å². The molecule has 0 radical (unpaired) electrons. The van der Waals surface area contributed by atoms with Crippen LogP contribution in [0, 0.1) is 0 Å². The van der Waals surface area contributed by atoms with Crippen molar-refractivity contribution in [1.29, 1.82) is 0 Å². The molecule has 2 amide bonds. The van der Waals surface area contributed by atoms with Gasteiger partial charge < -0.3 is 30.9 Å². The number of aliphatic hydroxyl groups is 2. The van der Waals surface area contributed by atoms with Crippen molar-refractivity contribution in [2.45, 2.75) is 48.6 Å². The number of aromatic nitrogens is 4. The minimum Gasteiger partial charge on any atom is -0.423 e. The Labute approximate surface area is 480 Å². The molecule has 2 aromatic heterocycles. The number of nitrogens with zero attached hydrogens (tertiary/aromatic N) is 4. The van der Waals surface area contributed by atoms with Gasteiger partial charge in [0.1, 0.15) is 23.0 Å². The highest BCUT2D eigenvalue weighted by Gasteiger charge is 2.27. The quantitative estimate of drug-likeness (QED) is 0.0558. The standard InChI is InChI=1S/C27H25Cl2N3O4S.C20H18BrCl2N3O2.C7H9BO4S/c1-27(2,16-33)31-26(34)23-15-32(25(30-23)20-9-4-5-10-21(20)28)24-12-11-18(14-22(24)29)17-7-6-8-19(13-17)37(3,35)36;1-20(2,11-27)25-19(28)16-10-26(17-8-7-12(21)9-15(17)23)18(24-16)13-5-3-4-6-14(13)22;1-13(11,12)7-4-2-3-6(5-7)8(9)10/h4-15,33H,16H2,1-3H3,(H,31,34);3-10,27H,11H2,1-2H3,(H,25,28);2-5,9-10H,1H3. The van der Waals surface area contributed by atoms with Gasteiger partial charge in [-0.1, -0.05) is 117 Å². The van der Waals surface area contributed by atoms with Crippen LogP contribution in [0.1, 0.15) is 48.7 Å². The number of hydrogen-bond acceptors (Lipinski definition) is 12. The lowest BCUT2D eigenvalue weighted by Gasteiger charge is -2.22. The van der Waals surface area contributed by atoms with E-state index in [4.69, 9.17) is 56.5 Å². The van der Waals surface area contributed by atoms with Crippen molar-refractivity contribution in [2.75, 3.05) is 25.7 Å². The maximum absolute atomic E-state index is 13.0. The largest absolute Gasteiger partial charge is 0.488 e. The zero-order valence-electron chi connectivity index (χ0n) is 42.6. The van der Waals surface area contributed by atoms with Crippen molar-refractivity contribution in [3.05, 3.63) is 182 Å². The van der Waals surface area contributed by atoms with E-state index in [-0.39, 0.29) is 39.9 Å². The van der Waals surface area contributed by atoms with E-state index in [1.54, 1.807) is 116 Å². The number of nitrogens with one attached hydrogen (secondary N) is 2. The monoisotopic (exact) mass is 1240 g/mol. The van der Waals surface area contributed by atoms with Gasteiger partial charge in [-0.2, -0.15) is 0 Å². The van der Waals surface area contributed by atoms with Gasteiger partial charge in [0.25, 0.3) is 11.8 Å². The summed E-state index contributed by atoms with van der Waals surface area (Å²) >= 11 is 29.4. The predicted octanol–water partition coefficient (Wildman–Crippen LogP) is 9.30. The Morgan fingerprint density at radius 3 is 1.41 bits per heavy atom. The number of rotatable bonds is 14. The highest BCUT2D eigenvalue weighted by Crippen LogP contribution is 2.36. The van der Waals surface area contributed by atoms with E-state index in [2.05, 4.69) is 36.5 Å². The van der Waals surface area contributed by atoms with Gasteiger partial charge in [0.05, 0.1) is 65.5 Å². The van der Waals surface area contributed by atoms with Crippen LogP contribution in [0.15, 0.2) is 160 Å². The first-order valence-corrected chi connectivity index (χ1v) is 29.4. The second-order valence-corrected chi connectivity index (χ2v) is 25.4. The third kappa shape index (κ3) is 15.7. The van der Waals surface area contributed by atoms with Gasteiger partial charge in [0.2, 0.25) is 0 Å². The molecule has 0 bridgehead atoms. The van der Waals surface area contributed by atoms with Crippen LogP contribution in [-0.2, 0) is 19.7 Å². The molecule has 0 aliphatic rings. The summed E-state index contributed by atoms with van der Waals surface area (Å²) in [6, 6.07) is 37.3. The number of aliphatic hydroxyl groups excluding tert-OH is 2. The predicted molar refractivity (Wildman–Crippen MR) is 311 cm³/mol. The van der Waals surface area contributed by atoms with Gasteiger partial charge in [0, 0.05) is 40.5 Å². The van der Waals surface area contributed by atoms with Crippen LogP contribution in [0.25, 0.3) is 45.3 Å². The zero-order valence-corrected chi connectivity index (χ0v) is 48.8. The Morgan fingerprint density at radius 2 is 0.987 bits per heavy atom. The van der Waals surface area contributed by atoms with Crippen LogP contribution in [-0.4, -0.2) is 112 Å². The van der Waals surface area contributed by atoms with E-state index in [9.17, 15) is 36.6 Å². The maximum Gasteiger partial charge on any atom is 0.488 e. The zero-order chi connectivity index (χ0) is 57.5. The van der Waals surface area contributed by atoms with E-state index in [1.165, 1.54) is 24.3 Å². The smallest absolute Gasteiger partial charge is 0.423 e. The van der Waals surface area contributed by atoms with Crippen LogP contribution < -0.4 is 16.1 Å². The molecular formula is C54H52BBrCl4N6O10S2. The maximum atomic E-state index is 13.0. The molecule has 0 unspecified atom stereocenters. The minimum atomic E-state index is -3.37. The fourth-order valence-electron chi connectivity index (χ4n) is 7.20. The van der Waals surface area contributed by atoms with Gasteiger partial charge in [-0.25, -0.2) is 26.8 Å². The van der Waals surface area contributed by atoms with E-state index >= 15 is 0 Å². The molecule has 0 aliphatic heterocycles. The molecule has 6 N–H and O–H groups in total. The van der Waals surface area contributed by atoms with Crippen molar-refractivity contribution >= 4 is 106 Å². The summed E-state index contributed by atoms with van der Waals surface area (Å²) in [6.07, 6.45) is 5.39. The first kappa shape index (κ1) is 61.3. The molecule has 0 atom stereocenters. The molecule has 8 rings (SSSR count). The fourth-order valence-corrected chi connectivity index (χ4v) is 10.0. The lowest BCUT2D eigenvalue weighted by atomic mass is 9.80. The molecule has 16 nitrogen and oxygen atoms in total. The SMILES string of the molecule is CC(C)(CO)NC(=O)c1cn(-c2ccc(-c3cccc(S(C)(=O)=O)c3)cc2Cl)c(-c2ccccc2Cl)n1.CC(C)(CO)NC(=O)c1cn(-c2ccc(Br)cc2Cl)c(-c2ccccc2Cl)n1.CS(=O)(=O)c1cccc(B(O)O)c1. The van der Waals surface area contributed by atoms with Gasteiger partial charge in [0.15, 0.2) is 19.7 Å². The lowest BCUT2D eigenvalue weighted by Crippen LogP contribution is -2.46. The van der Waals surface area contributed by atoms with Crippen LogP contribution in [0.5, 0.6) is 0 Å². The summed E-state index contributed by atoms with van der Waals surface area (Å²) in [4.78, 5) is 35.0. The molecule has 8 aromatic rings. The number of amides is 2. The summed E-state index contributed by atoms with van der Waals surface area (Å²) in [5.41, 5.74) is 2.76. The van der Waals surface area contributed by atoms with Crippen LogP contribution in [0.3, 0.4) is 0 Å². The Bertz CT molecular complexity index is 3750. The van der Waals surface area contributed by atoms with Crippen LogP contribution >= 0.6 is 62.3 Å². The molecule has 0 spiro atoms. The Kier molecular flexibility index (Phi) is 20.0. The lowest BCUT2D eigenvalue weighted by molar-refractivity contribution is 0.0857. The van der Waals surface area contributed by atoms with Crippen LogP contribution in [0.4, 0.5) is 0 Å². The van der Waals surface area contributed by atoms with Gasteiger partial charge >= 0.3 is 7.12 Å². The number of sulfone groups is 2. The van der Waals surface area contributed by atoms with Gasteiger partial charge in [-0.3, -0.25) is 18.7 Å². The molecule has 408 valence electrons. The third-order valence-electron chi connectivity index (χ3n) is 11.4. The molecule has 78 heavy (non-hydrogen) atoms. The molecule has 0 saturated carbocycles. The summed E-state index contributed by atoms with van der Waals surface area (Å²) in [5, 5.41) is 43.9. The van der Waals surface area contributed by atoms with E-state index in [1.807, 2.05) is 42.5 Å². The molecule has 0 fully saturated rings. The average Bonchev–Trinajstić information content (AvgIpc) is 4.09. The molecule has 0 aliphatic carbocycles. The first-order chi connectivity index (χ1) is 36.5. The van der Waals surface area contributed by atoms with Crippen molar-refractivity contribution in [3.8, 4) is 45.3 Å². The molecule has 24 heteroatoms. The van der Waals surface area contributed by atoms with Crippen molar-refractivity contribution in [2.24, 2.45) is 0 Å². The summed E-state index contributed by atoms with van der Waals surface area (Å²) in [5.74, 6) is 0.0313. The Balaban J connectivity index is 0.000000211. The highest BCUT2D eigenvalue weighted by molar-refractivity contribution is 9.10. The van der Waals surface area contributed by atoms with Crippen molar-refractivity contribution in [3.63, 3.8) is 0 Å². The Morgan fingerprint density at radius 1 is 0.564 bits per heavy atom. The number of hydrogen-bond donors (Lipinski definition) is 6. The van der Waals surface area contributed by atoms with Crippen molar-refractivity contribution in [1.82, 2.24) is 29.7 Å². The van der Waals surface area contributed by atoms with Crippen LogP contribution in [0.2, 0.25) is 20.1 Å². The second-order valence-electron chi connectivity index (χ2n) is 18.9. The normalized spacial score (nSPS) is 11.7. The van der Waals surface area contributed by atoms with E-state index in [0.29, 0.717) is 59.8 Å². The third-order valence-corrected chi connectivity index (χ3v) is 15.3. The minimum absolute atomic E-state index is 0.0816. The summed E-state index contributed by atoms with van der Waals surface area (Å²) < 4.78 is 50.3. The average molecular weight is 1240 g/mol. The number of carbonyl (C=O) groups excluding carboxylic acids is 2. The topological polar surface area (TPSA) is 243 Å². The fraction of sp³-hybridized carbons (Fsp3) is 0.185.